The number of rotatable bonds is 5. The highest BCUT2D eigenvalue weighted by molar-refractivity contribution is 14.1. The smallest absolute Gasteiger partial charge is 0.148 e. The van der Waals surface area contributed by atoms with Crippen LogP contribution in [0.5, 0.6) is 0 Å². The van der Waals surface area contributed by atoms with Gasteiger partial charge in [0.25, 0.3) is 0 Å². The van der Waals surface area contributed by atoms with Gasteiger partial charge in [0.2, 0.25) is 0 Å². The van der Waals surface area contributed by atoms with E-state index in [4.69, 9.17) is 11.6 Å². The van der Waals surface area contributed by atoms with Gasteiger partial charge in [-0.2, -0.15) is 0 Å². The van der Waals surface area contributed by atoms with Crippen molar-refractivity contribution < 1.29 is 0 Å². The average molecular weight is 394 g/mol. The number of nitrogens with zero attached hydrogens (tertiary/aromatic N) is 2. The van der Waals surface area contributed by atoms with Crippen LogP contribution in [0.2, 0.25) is 5.02 Å². The van der Waals surface area contributed by atoms with Crippen LogP contribution < -0.4 is 5.32 Å². The summed E-state index contributed by atoms with van der Waals surface area (Å²) in [6, 6.07) is 5.83. The van der Waals surface area contributed by atoms with Crippen molar-refractivity contribution in [3.8, 4) is 10.6 Å². The molecule has 0 unspecified atom stereocenters. The lowest BCUT2D eigenvalue weighted by molar-refractivity contribution is 0.710. The molecule has 0 saturated heterocycles. The van der Waals surface area contributed by atoms with E-state index in [0.717, 1.165) is 43.7 Å². The van der Waals surface area contributed by atoms with E-state index in [-0.39, 0.29) is 0 Å². The molecular formula is C12H13ClIN3S. The van der Waals surface area contributed by atoms with Crippen molar-refractivity contribution >= 4 is 45.5 Å². The largest absolute Gasteiger partial charge is 0.317 e. The summed E-state index contributed by atoms with van der Waals surface area (Å²) >= 11 is 9.95. The fourth-order valence-electron chi connectivity index (χ4n) is 1.50. The Labute approximate surface area is 129 Å². The molecule has 0 saturated carbocycles. The summed E-state index contributed by atoms with van der Waals surface area (Å²) in [4.78, 5) is 0. The molecule has 6 heteroatoms. The van der Waals surface area contributed by atoms with E-state index < -0.39 is 0 Å². The van der Waals surface area contributed by atoms with Gasteiger partial charge in [0.05, 0.1) is 0 Å². The topological polar surface area (TPSA) is 37.8 Å². The zero-order chi connectivity index (χ0) is 13.0. The SMILES string of the molecule is CCNCCc1nnc(-c2cc(Cl)ccc2I)s1. The molecule has 0 fully saturated rings. The number of halogens is 2. The molecular weight excluding hydrogens is 381 g/mol. The summed E-state index contributed by atoms with van der Waals surface area (Å²) in [5, 5.41) is 14.5. The Morgan fingerprint density at radius 1 is 1.39 bits per heavy atom. The number of aromatic nitrogens is 2. The van der Waals surface area contributed by atoms with Gasteiger partial charge in [0.15, 0.2) is 0 Å². The van der Waals surface area contributed by atoms with E-state index in [1.54, 1.807) is 11.3 Å². The molecule has 18 heavy (non-hydrogen) atoms. The van der Waals surface area contributed by atoms with Crippen LogP contribution in [0.25, 0.3) is 10.6 Å². The third kappa shape index (κ3) is 3.63. The van der Waals surface area contributed by atoms with Gasteiger partial charge in [0, 0.05) is 27.1 Å². The van der Waals surface area contributed by atoms with Gasteiger partial charge in [0.1, 0.15) is 10.0 Å². The minimum absolute atomic E-state index is 0.731. The molecule has 2 rings (SSSR count). The fourth-order valence-corrected chi connectivity index (χ4v) is 3.31. The molecule has 1 heterocycles. The van der Waals surface area contributed by atoms with Crippen LogP contribution in [-0.2, 0) is 6.42 Å². The number of likely N-dealkylation sites (N-methyl/N-ethyl adjacent to an activating group) is 1. The Bertz CT molecular complexity index is 530. The summed E-state index contributed by atoms with van der Waals surface area (Å²) < 4.78 is 1.14. The maximum absolute atomic E-state index is 6.02. The van der Waals surface area contributed by atoms with E-state index in [0.29, 0.717) is 0 Å². The van der Waals surface area contributed by atoms with E-state index >= 15 is 0 Å². The van der Waals surface area contributed by atoms with Crippen LogP contribution in [0.3, 0.4) is 0 Å². The van der Waals surface area contributed by atoms with Crippen molar-refractivity contribution in [2.75, 3.05) is 13.1 Å². The fraction of sp³-hybridized carbons (Fsp3) is 0.333. The van der Waals surface area contributed by atoms with Gasteiger partial charge >= 0.3 is 0 Å². The molecule has 96 valence electrons. The molecule has 0 aliphatic rings. The van der Waals surface area contributed by atoms with Crippen molar-refractivity contribution in [3.05, 3.63) is 31.8 Å². The van der Waals surface area contributed by atoms with Crippen LogP contribution in [0.4, 0.5) is 0 Å². The Kier molecular flexibility index (Phi) is 5.35. The first-order valence-electron chi connectivity index (χ1n) is 5.69. The second-order valence-electron chi connectivity index (χ2n) is 3.73. The molecule has 0 radical (unpaired) electrons. The van der Waals surface area contributed by atoms with Gasteiger partial charge in [-0.1, -0.05) is 29.9 Å². The Morgan fingerprint density at radius 3 is 3.00 bits per heavy atom. The van der Waals surface area contributed by atoms with Crippen LogP contribution in [0.15, 0.2) is 18.2 Å². The van der Waals surface area contributed by atoms with Gasteiger partial charge in [-0.25, -0.2) is 0 Å². The summed E-state index contributed by atoms with van der Waals surface area (Å²) in [5.74, 6) is 0. The average Bonchev–Trinajstić information content (AvgIpc) is 2.81. The summed E-state index contributed by atoms with van der Waals surface area (Å²) in [6.45, 7) is 4.02. The maximum Gasteiger partial charge on any atom is 0.148 e. The van der Waals surface area contributed by atoms with Gasteiger partial charge < -0.3 is 5.32 Å². The van der Waals surface area contributed by atoms with Gasteiger partial charge in [-0.15, -0.1) is 10.2 Å². The Morgan fingerprint density at radius 2 is 2.22 bits per heavy atom. The van der Waals surface area contributed by atoms with Gasteiger partial charge in [-0.05, 0) is 47.3 Å². The number of hydrogen-bond donors (Lipinski definition) is 1. The molecule has 1 N–H and O–H groups in total. The predicted octanol–water partition coefficient (Wildman–Crippen LogP) is 3.62. The quantitative estimate of drug-likeness (QED) is 0.623. The number of nitrogens with one attached hydrogen (secondary N) is 1. The highest BCUT2D eigenvalue weighted by atomic mass is 127. The van der Waals surface area contributed by atoms with Gasteiger partial charge in [-0.3, -0.25) is 0 Å². The van der Waals surface area contributed by atoms with Crippen LogP contribution in [0, 0.1) is 3.57 Å². The predicted molar refractivity (Wildman–Crippen MR) is 85.3 cm³/mol. The van der Waals surface area contributed by atoms with E-state index in [1.165, 1.54) is 0 Å². The standard InChI is InChI=1S/C12H13ClIN3S/c1-2-15-6-5-11-16-17-12(18-11)9-7-8(13)3-4-10(9)14/h3-4,7,15H,2,5-6H2,1H3. The molecule has 1 aromatic carbocycles. The lowest BCUT2D eigenvalue weighted by Gasteiger charge is -2.00. The molecule has 2 aromatic rings. The summed E-state index contributed by atoms with van der Waals surface area (Å²) in [7, 11) is 0. The molecule has 0 atom stereocenters. The van der Waals surface area contributed by atoms with Crippen LogP contribution in [-0.4, -0.2) is 23.3 Å². The molecule has 3 nitrogen and oxygen atoms in total. The second-order valence-corrected chi connectivity index (χ2v) is 6.39. The highest BCUT2D eigenvalue weighted by Crippen LogP contribution is 2.30. The van der Waals surface area contributed by atoms with E-state index in [9.17, 15) is 0 Å². The first-order valence-corrected chi connectivity index (χ1v) is 7.96. The maximum atomic E-state index is 6.02. The van der Waals surface area contributed by atoms with Crippen LogP contribution >= 0.6 is 45.5 Å². The lowest BCUT2D eigenvalue weighted by Crippen LogP contribution is -2.15. The van der Waals surface area contributed by atoms with E-state index in [1.807, 2.05) is 18.2 Å². The summed E-state index contributed by atoms with van der Waals surface area (Å²) in [6.07, 6.45) is 0.919. The zero-order valence-electron chi connectivity index (χ0n) is 9.91. The van der Waals surface area contributed by atoms with E-state index in [2.05, 4.69) is 45.0 Å². The Hall–Kier alpha value is -0.240. The number of hydrogen-bond acceptors (Lipinski definition) is 4. The first kappa shape index (κ1) is 14.2. The minimum atomic E-state index is 0.731. The monoisotopic (exact) mass is 393 g/mol. The zero-order valence-corrected chi connectivity index (χ0v) is 13.6. The minimum Gasteiger partial charge on any atom is -0.317 e. The molecule has 1 aromatic heterocycles. The summed E-state index contributed by atoms with van der Waals surface area (Å²) in [5.41, 5.74) is 1.07. The molecule has 0 aliphatic heterocycles. The third-order valence-electron chi connectivity index (χ3n) is 2.39. The molecule has 0 aliphatic carbocycles. The second kappa shape index (κ2) is 6.79. The third-order valence-corrected chi connectivity index (χ3v) is 4.58. The number of benzene rings is 1. The van der Waals surface area contributed by atoms with Crippen molar-refractivity contribution in [2.24, 2.45) is 0 Å². The first-order chi connectivity index (χ1) is 8.70. The Balaban J connectivity index is 2.16. The van der Waals surface area contributed by atoms with Crippen molar-refractivity contribution in [1.29, 1.82) is 0 Å². The normalized spacial score (nSPS) is 10.8. The molecule has 0 amide bonds. The van der Waals surface area contributed by atoms with Crippen molar-refractivity contribution in [2.45, 2.75) is 13.3 Å². The van der Waals surface area contributed by atoms with Crippen molar-refractivity contribution in [3.63, 3.8) is 0 Å². The van der Waals surface area contributed by atoms with Crippen molar-refractivity contribution in [1.82, 2.24) is 15.5 Å². The lowest BCUT2D eigenvalue weighted by atomic mass is 10.2. The van der Waals surface area contributed by atoms with Crippen LogP contribution in [0.1, 0.15) is 11.9 Å². The molecule has 0 bridgehead atoms. The highest BCUT2D eigenvalue weighted by Gasteiger charge is 2.10. The molecule has 0 spiro atoms.